The molecule has 102 valence electrons. The van der Waals surface area contributed by atoms with Crippen molar-refractivity contribution in [2.24, 2.45) is 5.41 Å². The Morgan fingerprint density at radius 1 is 1.50 bits per heavy atom. The molecular formula is C11H17BrN2O3S. The predicted octanol–water partition coefficient (Wildman–Crippen LogP) is 1.48. The van der Waals surface area contributed by atoms with Crippen molar-refractivity contribution < 1.29 is 13.2 Å². The van der Waals surface area contributed by atoms with Crippen LogP contribution >= 0.6 is 15.9 Å². The van der Waals surface area contributed by atoms with E-state index in [0.29, 0.717) is 0 Å². The van der Waals surface area contributed by atoms with E-state index in [4.69, 9.17) is 4.74 Å². The second kappa shape index (κ2) is 5.30. The van der Waals surface area contributed by atoms with Crippen LogP contribution < -0.4 is 0 Å². The van der Waals surface area contributed by atoms with E-state index in [1.807, 2.05) is 0 Å². The molecule has 1 aromatic heterocycles. The topological polar surface area (TPSA) is 61.2 Å². The molecule has 18 heavy (non-hydrogen) atoms. The maximum Gasteiger partial charge on any atom is 0.178 e. The number of halogens is 1. The molecule has 2 heterocycles. The quantitative estimate of drug-likeness (QED) is 0.781. The maximum atomic E-state index is 11.4. The molecule has 0 N–H and O–H groups in total. The Balaban J connectivity index is 2.15. The van der Waals surface area contributed by atoms with Crippen molar-refractivity contribution in [1.29, 1.82) is 0 Å². The van der Waals surface area contributed by atoms with E-state index in [0.717, 1.165) is 37.9 Å². The lowest BCUT2D eigenvalue weighted by Crippen LogP contribution is -2.35. The lowest BCUT2D eigenvalue weighted by Gasteiger charge is -2.35. The van der Waals surface area contributed by atoms with E-state index in [1.165, 1.54) is 12.5 Å². The monoisotopic (exact) mass is 336 g/mol. The first-order chi connectivity index (χ1) is 8.45. The van der Waals surface area contributed by atoms with Crippen LogP contribution in [0, 0.1) is 5.41 Å². The van der Waals surface area contributed by atoms with Gasteiger partial charge in [-0.25, -0.2) is 8.42 Å². The van der Waals surface area contributed by atoms with Crippen LogP contribution in [0.2, 0.25) is 0 Å². The zero-order valence-electron chi connectivity index (χ0n) is 10.3. The molecule has 7 heteroatoms. The van der Waals surface area contributed by atoms with Crippen molar-refractivity contribution in [3.63, 3.8) is 0 Å². The van der Waals surface area contributed by atoms with E-state index in [-0.39, 0.29) is 10.3 Å². The highest BCUT2D eigenvalue weighted by Gasteiger charge is 2.32. The minimum absolute atomic E-state index is 0.110. The van der Waals surface area contributed by atoms with E-state index in [1.54, 1.807) is 10.9 Å². The highest BCUT2D eigenvalue weighted by Crippen LogP contribution is 2.34. The molecule has 0 aromatic carbocycles. The molecule has 1 aliphatic rings. The maximum absolute atomic E-state index is 11.4. The number of aromatic nitrogens is 2. The number of nitrogens with zero attached hydrogens (tertiary/aromatic N) is 2. The highest BCUT2D eigenvalue weighted by molar-refractivity contribution is 9.09. The first-order valence-electron chi connectivity index (χ1n) is 5.81. The minimum Gasteiger partial charge on any atom is -0.381 e. The number of ether oxygens (including phenoxy) is 1. The molecule has 0 aliphatic carbocycles. The summed E-state index contributed by atoms with van der Waals surface area (Å²) in [4.78, 5) is 0.277. The summed E-state index contributed by atoms with van der Waals surface area (Å²) in [6.07, 6.45) is 6.15. The van der Waals surface area contributed by atoms with Crippen LogP contribution in [0.15, 0.2) is 17.3 Å². The minimum atomic E-state index is -3.17. The molecule has 1 fully saturated rings. The van der Waals surface area contributed by atoms with E-state index < -0.39 is 9.84 Å². The molecule has 0 unspecified atom stereocenters. The summed E-state index contributed by atoms with van der Waals surface area (Å²) < 4.78 is 29.9. The van der Waals surface area contributed by atoms with Gasteiger partial charge in [0, 0.05) is 43.0 Å². The summed E-state index contributed by atoms with van der Waals surface area (Å²) in [7, 11) is -3.17. The molecular weight excluding hydrogens is 320 g/mol. The lowest BCUT2D eigenvalue weighted by molar-refractivity contribution is 0.0169. The second-order valence-corrected chi connectivity index (χ2v) is 7.47. The summed E-state index contributed by atoms with van der Waals surface area (Å²) in [6.45, 7) is 2.23. The first kappa shape index (κ1) is 14.0. The smallest absolute Gasteiger partial charge is 0.178 e. The molecule has 0 amide bonds. The fraction of sp³-hybridized carbons (Fsp3) is 0.727. The fourth-order valence-electron chi connectivity index (χ4n) is 2.10. The highest BCUT2D eigenvalue weighted by atomic mass is 79.9. The molecule has 2 rings (SSSR count). The van der Waals surface area contributed by atoms with E-state index in [9.17, 15) is 8.42 Å². The van der Waals surface area contributed by atoms with Gasteiger partial charge >= 0.3 is 0 Å². The van der Waals surface area contributed by atoms with Crippen molar-refractivity contribution in [3.8, 4) is 0 Å². The molecule has 0 spiro atoms. The van der Waals surface area contributed by atoms with Crippen LogP contribution in [0.4, 0.5) is 0 Å². The van der Waals surface area contributed by atoms with Crippen molar-refractivity contribution >= 4 is 25.8 Å². The Bertz CT molecular complexity index is 506. The number of sulfone groups is 1. The fourth-order valence-corrected chi connectivity index (χ4v) is 3.39. The van der Waals surface area contributed by atoms with Crippen LogP contribution in [0.3, 0.4) is 0 Å². The van der Waals surface area contributed by atoms with Gasteiger partial charge < -0.3 is 4.74 Å². The Kier molecular flexibility index (Phi) is 4.13. The summed E-state index contributed by atoms with van der Waals surface area (Å²) in [5.41, 5.74) is 0.110. The van der Waals surface area contributed by atoms with Gasteiger partial charge in [-0.15, -0.1) is 0 Å². The summed E-state index contributed by atoms with van der Waals surface area (Å²) in [5, 5.41) is 5.02. The van der Waals surface area contributed by atoms with Gasteiger partial charge in [0.1, 0.15) is 4.90 Å². The third kappa shape index (κ3) is 3.13. The van der Waals surface area contributed by atoms with Crippen LogP contribution in [0.25, 0.3) is 0 Å². The van der Waals surface area contributed by atoms with Gasteiger partial charge in [-0.3, -0.25) is 4.68 Å². The molecule has 0 saturated carbocycles. The van der Waals surface area contributed by atoms with Crippen molar-refractivity contribution in [1.82, 2.24) is 9.78 Å². The largest absolute Gasteiger partial charge is 0.381 e. The molecule has 1 aliphatic heterocycles. The Labute approximate surface area is 116 Å². The summed E-state index contributed by atoms with van der Waals surface area (Å²) in [6, 6.07) is 0. The van der Waals surface area contributed by atoms with Gasteiger partial charge in [0.05, 0.1) is 6.20 Å². The lowest BCUT2D eigenvalue weighted by atomic mass is 9.82. The first-order valence-corrected chi connectivity index (χ1v) is 8.83. The number of alkyl halides is 1. The van der Waals surface area contributed by atoms with Crippen LogP contribution in [0.1, 0.15) is 12.8 Å². The van der Waals surface area contributed by atoms with Gasteiger partial charge in [-0.2, -0.15) is 5.10 Å². The number of hydrogen-bond donors (Lipinski definition) is 0. The third-order valence-corrected chi connectivity index (χ3v) is 5.63. The summed E-state index contributed by atoms with van der Waals surface area (Å²) in [5.74, 6) is 0. The van der Waals surface area contributed by atoms with Crippen LogP contribution in [-0.4, -0.2) is 43.0 Å². The van der Waals surface area contributed by atoms with E-state index >= 15 is 0 Å². The Morgan fingerprint density at radius 2 is 2.17 bits per heavy atom. The van der Waals surface area contributed by atoms with Crippen LogP contribution in [0.5, 0.6) is 0 Å². The average molecular weight is 337 g/mol. The molecule has 0 atom stereocenters. The average Bonchev–Trinajstić information content (AvgIpc) is 2.78. The zero-order valence-corrected chi connectivity index (χ0v) is 12.7. The van der Waals surface area contributed by atoms with Gasteiger partial charge in [-0.1, -0.05) is 15.9 Å². The van der Waals surface area contributed by atoms with Crippen LogP contribution in [-0.2, 0) is 21.1 Å². The summed E-state index contributed by atoms with van der Waals surface area (Å²) >= 11 is 3.56. The predicted molar refractivity (Wildman–Crippen MR) is 71.6 cm³/mol. The molecule has 1 saturated heterocycles. The second-order valence-electron chi connectivity index (χ2n) is 4.89. The van der Waals surface area contributed by atoms with Crippen molar-refractivity contribution in [2.75, 3.05) is 24.8 Å². The molecule has 1 aromatic rings. The van der Waals surface area contributed by atoms with Crippen molar-refractivity contribution in [3.05, 3.63) is 12.4 Å². The third-order valence-electron chi connectivity index (χ3n) is 3.37. The standard InChI is InChI=1S/C11H17BrN2O3S/c1-18(15,16)10-6-13-14(7-10)9-11(8-12)2-4-17-5-3-11/h6-7H,2-5,8-9H2,1H3. The molecule has 5 nitrogen and oxygen atoms in total. The number of rotatable bonds is 4. The number of hydrogen-bond acceptors (Lipinski definition) is 4. The molecule has 0 bridgehead atoms. The molecule has 0 radical (unpaired) electrons. The Morgan fingerprint density at radius 3 is 2.67 bits per heavy atom. The van der Waals surface area contributed by atoms with Gasteiger partial charge in [0.25, 0.3) is 0 Å². The SMILES string of the molecule is CS(=O)(=O)c1cnn(CC2(CBr)CCOCC2)c1. The zero-order chi connectivity index (χ0) is 13.2. The van der Waals surface area contributed by atoms with Gasteiger partial charge in [0.2, 0.25) is 0 Å². The van der Waals surface area contributed by atoms with E-state index in [2.05, 4.69) is 21.0 Å². The van der Waals surface area contributed by atoms with Gasteiger partial charge in [-0.05, 0) is 12.8 Å². The van der Waals surface area contributed by atoms with Gasteiger partial charge in [0.15, 0.2) is 9.84 Å². The van der Waals surface area contributed by atoms with Crippen molar-refractivity contribution in [2.45, 2.75) is 24.3 Å². The Hall–Kier alpha value is -0.400. The normalized spacial score (nSPS) is 19.9.